The first-order chi connectivity index (χ1) is 9.10. The minimum atomic E-state index is -0.489. The number of fused-ring (bicyclic) bond motifs is 1. The Labute approximate surface area is 111 Å². The van der Waals surface area contributed by atoms with E-state index in [4.69, 9.17) is 13.9 Å². The first kappa shape index (κ1) is 13.2. The highest BCUT2D eigenvalue weighted by molar-refractivity contribution is 5.79. The second-order valence-corrected chi connectivity index (χ2v) is 4.39. The summed E-state index contributed by atoms with van der Waals surface area (Å²) in [5.74, 6) is 0.865. The van der Waals surface area contributed by atoms with Crippen molar-refractivity contribution in [2.45, 2.75) is 13.8 Å². The van der Waals surface area contributed by atoms with Crippen LogP contribution in [0.1, 0.15) is 13.8 Å². The summed E-state index contributed by atoms with van der Waals surface area (Å²) in [6.45, 7) is 4.51. The average Bonchev–Trinajstić information content (AvgIpc) is 2.37. The number of hydrogen-bond donors (Lipinski definition) is 0. The van der Waals surface area contributed by atoms with E-state index in [2.05, 4.69) is 0 Å². The Kier molecular flexibility index (Phi) is 3.90. The van der Waals surface area contributed by atoms with Crippen LogP contribution in [0.2, 0.25) is 0 Å². The fraction of sp³-hybridized carbons (Fsp3) is 0.267. The predicted octanol–water partition coefficient (Wildman–Crippen LogP) is 3.15. The molecular weight excluding hydrogens is 244 g/mol. The number of ether oxygens (including phenoxy) is 2. The van der Waals surface area contributed by atoms with E-state index in [1.54, 1.807) is 12.1 Å². The molecule has 0 aliphatic heterocycles. The third-order valence-corrected chi connectivity index (χ3v) is 2.64. The summed E-state index contributed by atoms with van der Waals surface area (Å²) in [7, 11) is 1.44. The monoisotopic (exact) mass is 260 g/mol. The van der Waals surface area contributed by atoms with Crippen LogP contribution in [0.15, 0.2) is 45.1 Å². The third kappa shape index (κ3) is 3.16. The number of hydrogen-bond acceptors (Lipinski definition) is 4. The van der Waals surface area contributed by atoms with Gasteiger partial charge in [0.1, 0.15) is 17.9 Å². The minimum Gasteiger partial charge on any atom is -0.490 e. The van der Waals surface area contributed by atoms with Gasteiger partial charge in [0.05, 0.1) is 7.11 Å². The van der Waals surface area contributed by atoms with Crippen LogP contribution in [-0.4, -0.2) is 13.7 Å². The lowest BCUT2D eigenvalue weighted by Gasteiger charge is -2.05. The topological polar surface area (TPSA) is 48.7 Å². The van der Waals surface area contributed by atoms with Crippen LogP contribution < -0.4 is 15.1 Å². The summed E-state index contributed by atoms with van der Waals surface area (Å²) < 4.78 is 15.7. The summed E-state index contributed by atoms with van der Waals surface area (Å²) in [5, 5.41) is 0.797. The molecule has 100 valence electrons. The molecule has 4 heteroatoms. The van der Waals surface area contributed by atoms with Crippen LogP contribution in [0.5, 0.6) is 11.5 Å². The molecule has 0 fully saturated rings. The van der Waals surface area contributed by atoms with E-state index in [-0.39, 0.29) is 5.75 Å². The molecule has 0 aliphatic carbocycles. The Morgan fingerprint density at radius 1 is 1.32 bits per heavy atom. The molecule has 0 spiro atoms. The lowest BCUT2D eigenvalue weighted by molar-refractivity contribution is 0.360. The number of benzene rings is 1. The largest absolute Gasteiger partial charge is 0.490 e. The fourth-order valence-electron chi connectivity index (χ4n) is 1.61. The number of allylic oxidation sites excluding steroid dienone is 1. The molecule has 4 nitrogen and oxygen atoms in total. The molecule has 0 aliphatic rings. The molecule has 0 radical (unpaired) electrons. The van der Waals surface area contributed by atoms with Crippen molar-refractivity contribution in [3.63, 3.8) is 0 Å². The maximum atomic E-state index is 11.5. The van der Waals surface area contributed by atoms with Crippen molar-refractivity contribution < 1.29 is 13.9 Å². The van der Waals surface area contributed by atoms with Gasteiger partial charge in [0.15, 0.2) is 0 Å². The van der Waals surface area contributed by atoms with Gasteiger partial charge in [0.25, 0.3) is 0 Å². The highest BCUT2D eigenvalue weighted by atomic mass is 16.5. The average molecular weight is 260 g/mol. The molecule has 0 atom stereocenters. The molecule has 2 aromatic rings. The standard InChI is InChI=1S/C15H16O4/c1-10(2)6-7-18-12-5-4-11-8-14(17-3)15(16)19-13(11)9-12/h4-6,8-9H,7H2,1-3H3. The van der Waals surface area contributed by atoms with Gasteiger partial charge < -0.3 is 13.9 Å². The quantitative estimate of drug-likeness (QED) is 0.626. The van der Waals surface area contributed by atoms with E-state index in [0.717, 1.165) is 5.39 Å². The van der Waals surface area contributed by atoms with Crippen LogP contribution >= 0.6 is 0 Å². The Hall–Kier alpha value is -2.23. The minimum absolute atomic E-state index is 0.200. The molecule has 0 N–H and O–H groups in total. The smallest absolute Gasteiger partial charge is 0.379 e. The SMILES string of the molecule is COc1cc2ccc(OCC=C(C)C)cc2oc1=O. The van der Waals surface area contributed by atoms with E-state index in [0.29, 0.717) is 17.9 Å². The zero-order valence-corrected chi connectivity index (χ0v) is 11.2. The van der Waals surface area contributed by atoms with Gasteiger partial charge in [-0.25, -0.2) is 4.79 Å². The zero-order chi connectivity index (χ0) is 13.8. The second-order valence-electron chi connectivity index (χ2n) is 4.39. The highest BCUT2D eigenvalue weighted by Crippen LogP contribution is 2.22. The van der Waals surface area contributed by atoms with Crippen LogP contribution in [0.4, 0.5) is 0 Å². The first-order valence-corrected chi connectivity index (χ1v) is 5.98. The summed E-state index contributed by atoms with van der Waals surface area (Å²) >= 11 is 0. The van der Waals surface area contributed by atoms with E-state index < -0.39 is 5.63 Å². The normalized spacial score (nSPS) is 10.3. The molecule has 0 amide bonds. The van der Waals surface area contributed by atoms with E-state index >= 15 is 0 Å². The van der Waals surface area contributed by atoms with E-state index in [9.17, 15) is 4.79 Å². The van der Waals surface area contributed by atoms with Gasteiger partial charge in [0, 0.05) is 11.5 Å². The summed E-state index contributed by atoms with van der Waals surface area (Å²) in [6, 6.07) is 7.02. The summed E-state index contributed by atoms with van der Waals surface area (Å²) in [5.41, 5.74) is 1.19. The van der Waals surface area contributed by atoms with E-state index in [1.807, 2.05) is 32.1 Å². The van der Waals surface area contributed by atoms with Crippen molar-refractivity contribution in [2.24, 2.45) is 0 Å². The number of methoxy groups -OCH3 is 1. The van der Waals surface area contributed by atoms with Crippen molar-refractivity contribution in [1.29, 1.82) is 0 Å². The number of rotatable bonds is 4. The van der Waals surface area contributed by atoms with Crippen LogP contribution in [-0.2, 0) is 0 Å². The summed E-state index contributed by atoms with van der Waals surface area (Å²) in [6.07, 6.45) is 1.98. The molecule has 0 unspecified atom stereocenters. The van der Waals surface area contributed by atoms with Crippen molar-refractivity contribution in [3.05, 3.63) is 46.3 Å². The van der Waals surface area contributed by atoms with Crippen molar-refractivity contribution in [3.8, 4) is 11.5 Å². The maximum Gasteiger partial charge on any atom is 0.379 e. The molecule has 19 heavy (non-hydrogen) atoms. The van der Waals surface area contributed by atoms with Crippen LogP contribution in [0.3, 0.4) is 0 Å². The molecule has 1 heterocycles. The second kappa shape index (κ2) is 5.61. The Balaban J connectivity index is 2.30. The Morgan fingerprint density at radius 3 is 2.79 bits per heavy atom. The first-order valence-electron chi connectivity index (χ1n) is 5.98. The van der Waals surface area contributed by atoms with Crippen molar-refractivity contribution in [2.75, 3.05) is 13.7 Å². The van der Waals surface area contributed by atoms with Crippen molar-refractivity contribution >= 4 is 11.0 Å². The lowest BCUT2D eigenvalue weighted by Crippen LogP contribution is -2.03. The Morgan fingerprint density at radius 2 is 2.11 bits per heavy atom. The van der Waals surface area contributed by atoms with Gasteiger partial charge in [-0.1, -0.05) is 5.57 Å². The zero-order valence-electron chi connectivity index (χ0n) is 11.2. The molecule has 0 saturated heterocycles. The lowest BCUT2D eigenvalue weighted by atomic mass is 10.2. The fourth-order valence-corrected chi connectivity index (χ4v) is 1.61. The molecule has 2 rings (SSSR count). The van der Waals surface area contributed by atoms with Crippen molar-refractivity contribution in [1.82, 2.24) is 0 Å². The van der Waals surface area contributed by atoms with Gasteiger partial charge in [-0.15, -0.1) is 0 Å². The van der Waals surface area contributed by atoms with Crippen LogP contribution in [0.25, 0.3) is 11.0 Å². The molecule has 1 aromatic carbocycles. The molecular formula is C15H16O4. The maximum absolute atomic E-state index is 11.5. The van der Waals surface area contributed by atoms with Crippen LogP contribution in [0, 0.1) is 0 Å². The third-order valence-electron chi connectivity index (χ3n) is 2.64. The predicted molar refractivity (Wildman–Crippen MR) is 74.0 cm³/mol. The van der Waals surface area contributed by atoms with Gasteiger partial charge >= 0.3 is 5.63 Å². The van der Waals surface area contributed by atoms with Gasteiger partial charge in [-0.2, -0.15) is 0 Å². The summed E-state index contributed by atoms with van der Waals surface area (Å²) in [4.78, 5) is 11.5. The van der Waals surface area contributed by atoms with Gasteiger partial charge in [-0.3, -0.25) is 0 Å². The highest BCUT2D eigenvalue weighted by Gasteiger charge is 2.06. The molecule has 1 aromatic heterocycles. The Bertz CT molecular complexity index is 663. The van der Waals surface area contributed by atoms with E-state index in [1.165, 1.54) is 12.7 Å². The molecule has 0 saturated carbocycles. The molecule has 0 bridgehead atoms. The van der Waals surface area contributed by atoms with Gasteiger partial charge in [0.2, 0.25) is 5.75 Å². The van der Waals surface area contributed by atoms with Gasteiger partial charge in [-0.05, 0) is 38.1 Å².